The minimum absolute atomic E-state index is 0.175. The number of benzene rings is 1. The molecule has 0 aromatic heterocycles. The molecule has 110 valence electrons. The van der Waals surface area contributed by atoms with Crippen LogP contribution in [0.5, 0.6) is 0 Å². The van der Waals surface area contributed by atoms with Crippen molar-refractivity contribution in [3.63, 3.8) is 0 Å². The fourth-order valence-electron chi connectivity index (χ4n) is 1.77. The summed E-state index contributed by atoms with van der Waals surface area (Å²) in [5.74, 6) is -0.175. The van der Waals surface area contributed by atoms with Crippen molar-refractivity contribution < 1.29 is 9.59 Å². The fraction of sp³-hybridized carbons (Fsp3) is 0.467. The van der Waals surface area contributed by atoms with E-state index in [2.05, 4.69) is 16.0 Å². The van der Waals surface area contributed by atoms with Gasteiger partial charge in [0, 0.05) is 12.2 Å². The van der Waals surface area contributed by atoms with Crippen molar-refractivity contribution in [2.45, 2.75) is 39.7 Å². The third-order valence-corrected chi connectivity index (χ3v) is 2.94. The molecule has 0 unspecified atom stereocenters. The predicted octanol–water partition coefficient (Wildman–Crippen LogP) is 2.29. The van der Waals surface area contributed by atoms with E-state index in [-0.39, 0.29) is 11.9 Å². The van der Waals surface area contributed by atoms with Gasteiger partial charge in [-0.3, -0.25) is 4.79 Å². The first-order chi connectivity index (χ1) is 9.58. The van der Waals surface area contributed by atoms with E-state index in [4.69, 9.17) is 0 Å². The molecule has 0 saturated carbocycles. The molecule has 3 amide bonds. The smallest absolute Gasteiger partial charge is 0.319 e. The number of hydrogen-bond acceptors (Lipinski definition) is 2. The highest BCUT2D eigenvalue weighted by molar-refractivity contribution is 5.94. The molecular formula is C15H23N3O2. The average molecular weight is 277 g/mol. The van der Waals surface area contributed by atoms with Crippen LogP contribution in [-0.2, 0) is 11.2 Å². The Kier molecular flexibility index (Phi) is 6.56. The molecule has 3 N–H and O–H groups in total. The highest BCUT2D eigenvalue weighted by Crippen LogP contribution is 2.14. The molecule has 1 rings (SSSR count). The van der Waals surface area contributed by atoms with Gasteiger partial charge in [0.25, 0.3) is 0 Å². The minimum Gasteiger partial charge on any atom is -0.354 e. The van der Waals surface area contributed by atoms with Gasteiger partial charge in [-0.2, -0.15) is 0 Å². The van der Waals surface area contributed by atoms with Gasteiger partial charge < -0.3 is 16.0 Å². The molecule has 0 aliphatic carbocycles. The van der Waals surface area contributed by atoms with Crippen molar-refractivity contribution in [1.29, 1.82) is 0 Å². The van der Waals surface area contributed by atoms with Gasteiger partial charge in [0.1, 0.15) is 6.04 Å². The van der Waals surface area contributed by atoms with Gasteiger partial charge >= 0.3 is 6.03 Å². The van der Waals surface area contributed by atoms with Crippen LogP contribution in [0.3, 0.4) is 0 Å². The molecule has 1 aromatic carbocycles. The molecule has 0 bridgehead atoms. The Morgan fingerprint density at radius 3 is 2.55 bits per heavy atom. The standard InChI is InChI=1S/C15H23N3O2/c1-4-10-16-14(19)11(3)17-15(20)18-13-9-7-6-8-12(13)5-2/h6-9,11H,4-5,10H2,1-3H3,(H,16,19)(H2,17,18,20)/t11-/m0/s1. The maximum Gasteiger partial charge on any atom is 0.319 e. The molecule has 0 fully saturated rings. The van der Waals surface area contributed by atoms with Crippen molar-refractivity contribution in [3.8, 4) is 0 Å². The summed E-state index contributed by atoms with van der Waals surface area (Å²) in [6, 6.07) is 6.68. The monoisotopic (exact) mass is 277 g/mol. The first-order valence-electron chi connectivity index (χ1n) is 7.01. The van der Waals surface area contributed by atoms with Crippen LogP contribution in [0.4, 0.5) is 10.5 Å². The number of para-hydroxylation sites is 1. The Hall–Kier alpha value is -2.04. The zero-order chi connectivity index (χ0) is 15.0. The van der Waals surface area contributed by atoms with E-state index in [1.165, 1.54) is 0 Å². The van der Waals surface area contributed by atoms with Crippen molar-refractivity contribution in [1.82, 2.24) is 10.6 Å². The molecular weight excluding hydrogens is 254 g/mol. The van der Waals surface area contributed by atoms with E-state index in [0.29, 0.717) is 6.54 Å². The normalized spacial score (nSPS) is 11.6. The van der Waals surface area contributed by atoms with Crippen molar-refractivity contribution in [2.24, 2.45) is 0 Å². The van der Waals surface area contributed by atoms with Crippen LogP contribution in [0, 0.1) is 0 Å². The zero-order valence-corrected chi connectivity index (χ0v) is 12.3. The molecule has 0 aliphatic heterocycles. The van der Waals surface area contributed by atoms with E-state index in [0.717, 1.165) is 24.1 Å². The summed E-state index contributed by atoms with van der Waals surface area (Å²) in [4.78, 5) is 23.5. The number of hydrogen-bond donors (Lipinski definition) is 3. The van der Waals surface area contributed by atoms with Gasteiger partial charge in [-0.1, -0.05) is 32.0 Å². The second kappa shape index (κ2) is 8.19. The largest absolute Gasteiger partial charge is 0.354 e. The SMILES string of the molecule is CCCNC(=O)[C@H](C)NC(=O)Nc1ccccc1CC. The molecule has 1 atom stereocenters. The Morgan fingerprint density at radius 1 is 1.20 bits per heavy atom. The summed E-state index contributed by atoms with van der Waals surface area (Å²) in [6.45, 7) is 6.29. The molecule has 0 aliphatic rings. The van der Waals surface area contributed by atoms with E-state index in [1.54, 1.807) is 6.92 Å². The predicted molar refractivity (Wildman–Crippen MR) is 80.7 cm³/mol. The Morgan fingerprint density at radius 2 is 1.90 bits per heavy atom. The van der Waals surface area contributed by atoms with Crippen LogP contribution in [0.25, 0.3) is 0 Å². The molecule has 0 heterocycles. The first-order valence-corrected chi connectivity index (χ1v) is 7.01. The molecule has 5 nitrogen and oxygen atoms in total. The minimum atomic E-state index is -0.560. The lowest BCUT2D eigenvalue weighted by molar-refractivity contribution is -0.122. The second-order valence-electron chi connectivity index (χ2n) is 4.62. The van der Waals surface area contributed by atoms with E-state index in [1.807, 2.05) is 38.1 Å². The topological polar surface area (TPSA) is 70.2 Å². The Balaban J connectivity index is 2.53. The number of aryl methyl sites for hydroxylation is 1. The first kappa shape index (κ1) is 16.0. The average Bonchev–Trinajstić information content (AvgIpc) is 2.45. The maximum absolute atomic E-state index is 11.9. The molecule has 0 saturated heterocycles. The fourth-order valence-corrected chi connectivity index (χ4v) is 1.77. The summed E-state index contributed by atoms with van der Waals surface area (Å²) in [6.07, 6.45) is 1.71. The molecule has 0 radical (unpaired) electrons. The second-order valence-corrected chi connectivity index (χ2v) is 4.62. The lowest BCUT2D eigenvalue weighted by Gasteiger charge is -2.15. The van der Waals surface area contributed by atoms with Gasteiger partial charge in [0.05, 0.1) is 0 Å². The van der Waals surface area contributed by atoms with Gasteiger partial charge in [0.2, 0.25) is 5.91 Å². The summed E-state index contributed by atoms with van der Waals surface area (Å²) in [5, 5.41) is 8.14. The summed E-state index contributed by atoms with van der Waals surface area (Å²) in [7, 11) is 0. The zero-order valence-electron chi connectivity index (χ0n) is 12.3. The summed E-state index contributed by atoms with van der Waals surface area (Å²) < 4.78 is 0. The quantitative estimate of drug-likeness (QED) is 0.746. The number of rotatable bonds is 6. The van der Waals surface area contributed by atoms with E-state index >= 15 is 0 Å². The molecule has 5 heteroatoms. The van der Waals surface area contributed by atoms with E-state index < -0.39 is 6.04 Å². The van der Waals surface area contributed by atoms with E-state index in [9.17, 15) is 9.59 Å². The van der Waals surface area contributed by atoms with Gasteiger partial charge in [-0.15, -0.1) is 0 Å². The van der Waals surface area contributed by atoms with Crippen LogP contribution in [0.15, 0.2) is 24.3 Å². The molecule has 20 heavy (non-hydrogen) atoms. The number of nitrogens with one attached hydrogen (secondary N) is 3. The number of carbonyl (C=O) groups excluding carboxylic acids is 2. The third-order valence-electron chi connectivity index (χ3n) is 2.94. The Bertz CT molecular complexity index is 460. The molecule has 0 spiro atoms. The number of urea groups is 1. The van der Waals surface area contributed by atoms with Gasteiger partial charge in [0.15, 0.2) is 0 Å². The van der Waals surface area contributed by atoms with Crippen molar-refractivity contribution >= 4 is 17.6 Å². The lowest BCUT2D eigenvalue weighted by Crippen LogP contribution is -2.46. The highest BCUT2D eigenvalue weighted by atomic mass is 16.2. The van der Waals surface area contributed by atoms with Crippen LogP contribution in [0.1, 0.15) is 32.8 Å². The highest BCUT2D eigenvalue weighted by Gasteiger charge is 2.15. The van der Waals surface area contributed by atoms with Gasteiger partial charge in [-0.25, -0.2) is 4.79 Å². The van der Waals surface area contributed by atoms with Crippen LogP contribution in [0.2, 0.25) is 0 Å². The lowest BCUT2D eigenvalue weighted by atomic mass is 10.1. The number of carbonyl (C=O) groups is 2. The van der Waals surface area contributed by atoms with Gasteiger partial charge in [-0.05, 0) is 31.4 Å². The number of amides is 3. The van der Waals surface area contributed by atoms with Crippen molar-refractivity contribution in [3.05, 3.63) is 29.8 Å². The number of anilines is 1. The van der Waals surface area contributed by atoms with Crippen molar-refractivity contribution in [2.75, 3.05) is 11.9 Å². The maximum atomic E-state index is 11.9. The summed E-state index contributed by atoms with van der Waals surface area (Å²) in [5.41, 5.74) is 1.83. The summed E-state index contributed by atoms with van der Waals surface area (Å²) >= 11 is 0. The van der Waals surface area contributed by atoms with Crippen LogP contribution in [-0.4, -0.2) is 24.5 Å². The Labute approximate surface area is 120 Å². The van der Waals surface area contributed by atoms with Crippen LogP contribution >= 0.6 is 0 Å². The third kappa shape index (κ3) is 4.91. The van der Waals surface area contributed by atoms with Crippen LogP contribution < -0.4 is 16.0 Å². The molecule has 1 aromatic rings.